The molecule has 2 rings (SSSR count). The molecule has 1 saturated heterocycles. The predicted octanol–water partition coefficient (Wildman–Crippen LogP) is 1.33. The summed E-state index contributed by atoms with van der Waals surface area (Å²) in [5, 5.41) is 2.60. The maximum atomic E-state index is 12.0. The number of hydrogen-bond donors (Lipinski definition) is 1. The fourth-order valence-electron chi connectivity index (χ4n) is 2.50. The standard InChI is InChI=1S/C18H23NO6S/c1-3-24-16-7-4-14(5-8-16)6-9-17(20)25-13(2)18(21)19-15-10-11-26(22,23)12-15/h4-9,13,15H,3,10-12H2,1-2H3,(H,19,21)/b9-6+/t13-,15-/m1/s1. The smallest absolute Gasteiger partial charge is 0.331 e. The molecule has 26 heavy (non-hydrogen) atoms. The van der Waals surface area contributed by atoms with E-state index in [1.54, 1.807) is 30.3 Å². The van der Waals surface area contributed by atoms with Gasteiger partial charge in [0.25, 0.3) is 5.91 Å². The van der Waals surface area contributed by atoms with E-state index >= 15 is 0 Å². The number of hydrogen-bond acceptors (Lipinski definition) is 6. The maximum absolute atomic E-state index is 12.0. The third-order valence-corrected chi connectivity index (χ3v) is 5.61. The summed E-state index contributed by atoms with van der Waals surface area (Å²) < 4.78 is 33.2. The first-order chi connectivity index (χ1) is 12.3. The fraction of sp³-hybridized carbons (Fsp3) is 0.444. The van der Waals surface area contributed by atoms with Crippen molar-refractivity contribution in [2.24, 2.45) is 0 Å². The van der Waals surface area contributed by atoms with Crippen LogP contribution >= 0.6 is 0 Å². The second-order valence-corrected chi connectivity index (χ2v) is 8.25. The third kappa shape index (κ3) is 6.18. The van der Waals surface area contributed by atoms with Crippen LogP contribution in [0.1, 0.15) is 25.8 Å². The zero-order chi connectivity index (χ0) is 19.2. The quantitative estimate of drug-likeness (QED) is 0.565. The van der Waals surface area contributed by atoms with Crippen molar-refractivity contribution >= 4 is 27.8 Å². The highest BCUT2D eigenvalue weighted by molar-refractivity contribution is 7.91. The molecular weight excluding hydrogens is 358 g/mol. The van der Waals surface area contributed by atoms with Crippen molar-refractivity contribution in [1.82, 2.24) is 5.32 Å². The summed E-state index contributed by atoms with van der Waals surface area (Å²) in [5.74, 6) is -0.421. The summed E-state index contributed by atoms with van der Waals surface area (Å²) in [4.78, 5) is 23.8. The Morgan fingerprint density at radius 1 is 1.31 bits per heavy atom. The van der Waals surface area contributed by atoms with Crippen LogP contribution in [0.15, 0.2) is 30.3 Å². The lowest BCUT2D eigenvalue weighted by atomic mass is 10.2. The van der Waals surface area contributed by atoms with E-state index in [0.29, 0.717) is 13.0 Å². The molecule has 142 valence electrons. The molecule has 7 nitrogen and oxygen atoms in total. The van der Waals surface area contributed by atoms with Crippen LogP contribution in [0.25, 0.3) is 6.08 Å². The van der Waals surface area contributed by atoms with Crippen molar-refractivity contribution in [3.8, 4) is 5.75 Å². The molecule has 1 amide bonds. The summed E-state index contributed by atoms with van der Waals surface area (Å²) in [7, 11) is -3.08. The van der Waals surface area contributed by atoms with Crippen LogP contribution in [0.5, 0.6) is 5.75 Å². The Morgan fingerprint density at radius 2 is 2.00 bits per heavy atom. The molecule has 1 heterocycles. The molecule has 1 aliphatic heterocycles. The number of ether oxygens (including phenoxy) is 2. The molecule has 0 bridgehead atoms. The SMILES string of the molecule is CCOc1ccc(/C=C/C(=O)O[C@H](C)C(=O)N[C@@H]2CCS(=O)(=O)C2)cc1. The molecule has 8 heteroatoms. The fourth-order valence-corrected chi connectivity index (χ4v) is 4.17. The molecule has 0 radical (unpaired) electrons. The van der Waals surface area contributed by atoms with E-state index in [1.165, 1.54) is 13.0 Å². The summed E-state index contributed by atoms with van der Waals surface area (Å²) in [6.07, 6.45) is 2.19. The molecule has 1 aromatic rings. The van der Waals surface area contributed by atoms with Crippen molar-refractivity contribution in [3.05, 3.63) is 35.9 Å². The lowest BCUT2D eigenvalue weighted by Gasteiger charge is -2.15. The number of amides is 1. The van der Waals surface area contributed by atoms with Crippen LogP contribution < -0.4 is 10.1 Å². The van der Waals surface area contributed by atoms with Gasteiger partial charge < -0.3 is 14.8 Å². The first kappa shape index (κ1) is 20.0. The Labute approximate surface area is 153 Å². The molecule has 0 unspecified atom stereocenters. The van der Waals surface area contributed by atoms with Crippen LogP contribution in [0.4, 0.5) is 0 Å². The zero-order valence-corrected chi connectivity index (χ0v) is 15.6. The number of benzene rings is 1. The van der Waals surface area contributed by atoms with E-state index in [1.807, 2.05) is 6.92 Å². The van der Waals surface area contributed by atoms with Gasteiger partial charge in [0, 0.05) is 12.1 Å². The topological polar surface area (TPSA) is 98.8 Å². The van der Waals surface area contributed by atoms with Crippen LogP contribution in [-0.2, 0) is 24.2 Å². The monoisotopic (exact) mass is 381 g/mol. The minimum absolute atomic E-state index is 0.0664. The van der Waals surface area contributed by atoms with Gasteiger partial charge in [-0.3, -0.25) is 4.79 Å². The van der Waals surface area contributed by atoms with Crippen LogP contribution in [-0.4, -0.2) is 50.6 Å². The van der Waals surface area contributed by atoms with Gasteiger partial charge in [0.15, 0.2) is 15.9 Å². The molecule has 0 saturated carbocycles. The van der Waals surface area contributed by atoms with Crippen molar-refractivity contribution in [2.75, 3.05) is 18.1 Å². The van der Waals surface area contributed by atoms with E-state index in [9.17, 15) is 18.0 Å². The van der Waals surface area contributed by atoms with Crippen LogP contribution in [0.2, 0.25) is 0 Å². The minimum atomic E-state index is -3.08. The summed E-state index contributed by atoms with van der Waals surface area (Å²) in [5.41, 5.74) is 0.790. The van der Waals surface area contributed by atoms with E-state index in [0.717, 1.165) is 11.3 Å². The van der Waals surface area contributed by atoms with Crippen molar-refractivity contribution in [1.29, 1.82) is 0 Å². The normalized spacial score (nSPS) is 19.8. The molecule has 0 aromatic heterocycles. The molecule has 1 aliphatic rings. The van der Waals surface area contributed by atoms with Gasteiger partial charge in [-0.25, -0.2) is 13.2 Å². The van der Waals surface area contributed by atoms with Gasteiger partial charge in [0.05, 0.1) is 18.1 Å². The maximum Gasteiger partial charge on any atom is 0.331 e. The highest BCUT2D eigenvalue weighted by Crippen LogP contribution is 2.13. The number of nitrogens with one attached hydrogen (secondary N) is 1. The molecule has 2 atom stereocenters. The Kier molecular flexibility index (Phi) is 6.79. The third-order valence-electron chi connectivity index (χ3n) is 3.84. The molecule has 1 fully saturated rings. The number of carbonyl (C=O) groups is 2. The second-order valence-electron chi connectivity index (χ2n) is 6.02. The van der Waals surface area contributed by atoms with Gasteiger partial charge in [-0.2, -0.15) is 0 Å². The second kappa shape index (κ2) is 8.84. The van der Waals surface area contributed by atoms with Gasteiger partial charge in [0.1, 0.15) is 5.75 Å². The average Bonchev–Trinajstić information content (AvgIpc) is 2.93. The highest BCUT2D eigenvalue weighted by Gasteiger charge is 2.30. The van der Waals surface area contributed by atoms with Gasteiger partial charge >= 0.3 is 5.97 Å². The van der Waals surface area contributed by atoms with Gasteiger partial charge in [0.2, 0.25) is 0 Å². The summed E-state index contributed by atoms with van der Waals surface area (Å²) in [6.45, 7) is 3.92. The Balaban J connectivity index is 1.81. The minimum Gasteiger partial charge on any atom is -0.494 e. The van der Waals surface area contributed by atoms with Crippen molar-refractivity contribution < 1.29 is 27.5 Å². The lowest BCUT2D eigenvalue weighted by Crippen LogP contribution is -2.42. The van der Waals surface area contributed by atoms with Gasteiger partial charge in [-0.15, -0.1) is 0 Å². The van der Waals surface area contributed by atoms with Crippen molar-refractivity contribution in [3.63, 3.8) is 0 Å². The van der Waals surface area contributed by atoms with E-state index in [2.05, 4.69) is 5.32 Å². The molecular formula is C18H23NO6S. The average molecular weight is 381 g/mol. The molecule has 0 spiro atoms. The Bertz CT molecular complexity index is 769. The van der Waals surface area contributed by atoms with Gasteiger partial charge in [-0.05, 0) is 44.0 Å². The zero-order valence-electron chi connectivity index (χ0n) is 14.8. The number of sulfone groups is 1. The number of carbonyl (C=O) groups excluding carboxylic acids is 2. The van der Waals surface area contributed by atoms with Gasteiger partial charge in [-0.1, -0.05) is 12.1 Å². The van der Waals surface area contributed by atoms with E-state index in [4.69, 9.17) is 9.47 Å². The molecule has 0 aliphatic carbocycles. The molecule has 1 N–H and O–H groups in total. The highest BCUT2D eigenvalue weighted by atomic mass is 32.2. The molecule has 1 aromatic carbocycles. The Morgan fingerprint density at radius 3 is 2.58 bits per heavy atom. The Hall–Kier alpha value is -2.35. The largest absolute Gasteiger partial charge is 0.494 e. The van der Waals surface area contributed by atoms with Crippen LogP contribution in [0, 0.1) is 0 Å². The van der Waals surface area contributed by atoms with Crippen LogP contribution in [0.3, 0.4) is 0 Å². The number of esters is 1. The lowest BCUT2D eigenvalue weighted by molar-refractivity contribution is -0.150. The number of rotatable bonds is 7. The van der Waals surface area contributed by atoms with Crippen molar-refractivity contribution in [2.45, 2.75) is 32.4 Å². The predicted molar refractivity (Wildman–Crippen MR) is 97.4 cm³/mol. The summed E-state index contributed by atoms with van der Waals surface area (Å²) in [6, 6.07) is 6.75. The van der Waals surface area contributed by atoms with E-state index in [-0.39, 0.29) is 11.5 Å². The van der Waals surface area contributed by atoms with E-state index < -0.39 is 33.9 Å². The first-order valence-corrected chi connectivity index (χ1v) is 10.2. The summed E-state index contributed by atoms with van der Waals surface area (Å²) >= 11 is 0. The first-order valence-electron chi connectivity index (χ1n) is 8.41.